The van der Waals surface area contributed by atoms with Crippen molar-refractivity contribution in [3.05, 3.63) is 53.1 Å². The van der Waals surface area contributed by atoms with Gasteiger partial charge in [-0.2, -0.15) is 0 Å². The Bertz CT molecular complexity index is 1040. The summed E-state index contributed by atoms with van der Waals surface area (Å²) < 4.78 is 10.6. The molecule has 0 spiro atoms. The molecular formula is C23H26ClN3O6. The van der Waals surface area contributed by atoms with Gasteiger partial charge in [0.05, 0.1) is 12.5 Å². The standard InChI is InChI=1S/C23H25N3O6.ClH/c27-21(25-17-3-1-14-7-8-24-12-16(14)9-17)5-6-22(28)26-18(11-23(29)30)15-2-4-19-20(10-15)32-13-31-19;/h1-4,9-10,18,24H,5-8,11-13H2,(H,25,27)(H,26,28)(H,29,30);1H. The van der Waals surface area contributed by atoms with Gasteiger partial charge in [-0.15, -0.1) is 12.4 Å². The van der Waals surface area contributed by atoms with Gasteiger partial charge in [0.2, 0.25) is 18.6 Å². The van der Waals surface area contributed by atoms with Gasteiger partial charge in [-0.05, 0) is 53.9 Å². The molecule has 4 N–H and O–H groups in total. The second-order valence-electron chi connectivity index (χ2n) is 7.79. The minimum atomic E-state index is -1.05. The highest BCUT2D eigenvalue weighted by Gasteiger charge is 2.22. The molecule has 4 rings (SSSR count). The van der Waals surface area contributed by atoms with E-state index in [0.29, 0.717) is 22.7 Å². The minimum Gasteiger partial charge on any atom is -0.481 e. The molecule has 0 aliphatic carbocycles. The fourth-order valence-corrected chi connectivity index (χ4v) is 3.83. The zero-order valence-corrected chi connectivity index (χ0v) is 18.7. The molecule has 0 aromatic heterocycles. The van der Waals surface area contributed by atoms with Crippen molar-refractivity contribution in [1.82, 2.24) is 10.6 Å². The van der Waals surface area contributed by atoms with Crippen LogP contribution in [0.3, 0.4) is 0 Å². The largest absolute Gasteiger partial charge is 0.481 e. The van der Waals surface area contributed by atoms with Crippen LogP contribution in [0.1, 0.15) is 42.0 Å². The molecule has 0 radical (unpaired) electrons. The molecule has 9 nitrogen and oxygen atoms in total. The first-order valence-corrected chi connectivity index (χ1v) is 10.5. The molecule has 10 heteroatoms. The maximum absolute atomic E-state index is 12.4. The second-order valence-corrected chi connectivity index (χ2v) is 7.79. The lowest BCUT2D eigenvalue weighted by molar-refractivity contribution is -0.138. The van der Waals surface area contributed by atoms with E-state index in [2.05, 4.69) is 16.0 Å². The van der Waals surface area contributed by atoms with Gasteiger partial charge in [0.25, 0.3) is 0 Å². The first kappa shape index (κ1) is 24.3. The molecule has 0 saturated carbocycles. The highest BCUT2D eigenvalue weighted by Crippen LogP contribution is 2.34. The van der Waals surface area contributed by atoms with Gasteiger partial charge >= 0.3 is 5.97 Å². The van der Waals surface area contributed by atoms with Crippen LogP contribution in [0.15, 0.2) is 36.4 Å². The predicted octanol–water partition coefficient (Wildman–Crippen LogP) is 2.53. The minimum absolute atomic E-state index is 0. The average molecular weight is 476 g/mol. The van der Waals surface area contributed by atoms with E-state index in [1.54, 1.807) is 18.2 Å². The normalized spacial score (nSPS) is 14.4. The number of hydrogen-bond donors (Lipinski definition) is 4. The SMILES string of the molecule is Cl.O=C(O)CC(NC(=O)CCC(=O)Nc1ccc2c(c1)CNCC2)c1ccc2c(c1)OCO2. The molecule has 2 amide bonds. The quantitative estimate of drug-likeness (QED) is 0.462. The van der Waals surface area contributed by atoms with Gasteiger partial charge in [0, 0.05) is 25.1 Å². The Morgan fingerprint density at radius 3 is 2.61 bits per heavy atom. The first-order valence-electron chi connectivity index (χ1n) is 10.5. The number of carbonyl (C=O) groups is 3. The third-order valence-electron chi connectivity index (χ3n) is 5.47. The number of hydrogen-bond acceptors (Lipinski definition) is 6. The zero-order valence-electron chi connectivity index (χ0n) is 17.9. The predicted molar refractivity (Wildman–Crippen MR) is 123 cm³/mol. The number of carboxylic acid groups (broad SMARTS) is 1. The Morgan fingerprint density at radius 1 is 1.00 bits per heavy atom. The van der Waals surface area contributed by atoms with Crippen molar-refractivity contribution in [1.29, 1.82) is 0 Å². The highest BCUT2D eigenvalue weighted by molar-refractivity contribution is 5.93. The molecule has 2 aromatic carbocycles. The molecule has 0 saturated heterocycles. The summed E-state index contributed by atoms with van der Waals surface area (Å²) in [6, 6.07) is 10.1. The van der Waals surface area contributed by atoms with Crippen molar-refractivity contribution in [2.75, 3.05) is 18.7 Å². The summed E-state index contributed by atoms with van der Waals surface area (Å²) in [5.74, 6) is -0.649. The summed E-state index contributed by atoms with van der Waals surface area (Å²) in [6.07, 6.45) is 0.604. The molecule has 1 unspecified atom stereocenters. The van der Waals surface area contributed by atoms with Crippen LogP contribution >= 0.6 is 12.4 Å². The lowest BCUT2D eigenvalue weighted by atomic mass is 10.0. The Balaban J connectivity index is 0.00000306. The molecule has 176 valence electrons. The van der Waals surface area contributed by atoms with Crippen molar-refractivity contribution in [3.8, 4) is 11.5 Å². The molecule has 2 aromatic rings. The molecule has 2 heterocycles. The molecule has 0 bridgehead atoms. The fraction of sp³-hybridized carbons (Fsp3) is 0.348. The summed E-state index contributed by atoms with van der Waals surface area (Å²) in [7, 11) is 0. The molecule has 33 heavy (non-hydrogen) atoms. The summed E-state index contributed by atoms with van der Waals surface area (Å²) in [5.41, 5.74) is 3.72. The van der Waals surface area contributed by atoms with Crippen molar-refractivity contribution in [2.24, 2.45) is 0 Å². The topological polar surface area (TPSA) is 126 Å². The van der Waals surface area contributed by atoms with Crippen LogP contribution in [0, 0.1) is 0 Å². The maximum Gasteiger partial charge on any atom is 0.305 e. The van der Waals surface area contributed by atoms with Gasteiger partial charge in [0.15, 0.2) is 11.5 Å². The van der Waals surface area contributed by atoms with Gasteiger partial charge in [-0.3, -0.25) is 14.4 Å². The molecule has 2 aliphatic rings. The number of nitrogens with one attached hydrogen (secondary N) is 3. The van der Waals surface area contributed by atoms with Crippen LogP contribution in [-0.4, -0.2) is 36.2 Å². The summed E-state index contributed by atoms with van der Waals surface area (Å²) in [6.45, 7) is 1.82. The van der Waals surface area contributed by atoms with Crippen LogP contribution in [0.5, 0.6) is 11.5 Å². The van der Waals surface area contributed by atoms with Crippen LogP contribution in [0.25, 0.3) is 0 Å². The first-order chi connectivity index (χ1) is 15.5. The molecular weight excluding hydrogens is 450 g/mol. The molecule has 0 fully saturated rings. The van der Waals surface area contributed by atoms with Gasteiger partial charge in [-0.1, -0.05) is 12.1 Å². The number of halogens is 1. The Morgan fingerprint density at radius 2 is 1.79 bits per heavy atom. The van der Waals surface area contributed by atoms with E-state index in [4.69, 9.17) is 9.47 Å². The fourth-order valence-electron chi connectivity index (χ4n) is 3.83. The van der Waals surface area contributed by atoms with E-state index >= 15 is 0 Å². The Hall–Kier alpha value is -3.30. The highest BCUT2D eigenvalue weighted by atomic mass is 35.5. The number of carbonyl (C=O) groups excluding carboxylic acids is 2. The van der Waals surface area contributed by atoms with E-state index in [1.165, 1.54) is 5.56 Å². The summed E-state index contributed by atoms with van der Waals surface area (Å²) >= 11 is 0. The number of benzene rings is 2. The van der Waals surface area contributed by atoms with Crippen molar-refractivity contribution in [2.45, 2.75) is 38.3 Å². The average Bonchev–Trinajstić information content (AvgIpc) is 3.25. The number of ether oxygens (including phenoxy) is 2. The number of aliphatic carboxylic acids is 1. The smallest absolute Gasteiger partial charge is 0.305 e. The van der Waals surface area contributed by atoms with E-state index in [0.717, 1.165) is 25.1 Å². The van der Waals surface area contributed by atoms with Crippen LogP contribution in [-0.2, 0) is 27.3 Å². The number of fused-ring (bicyclic) bond motifs is 2. The summed E-state index contributed by atoms with van der Waals surface area (Å²) in [5, 5.41) is 18.1. The van der Waals surface area contributed by atoms with Crippen molar-refractivity contribution >= 4 is 35.9 Å². The van der Waals surface area contributed by atoms with Gasteiger partial charge in [-0.25, -0.2) is 0 Å². The van der Waals surface area contributed by atoms with E-state index in [-0.39, 0.29) is 44.4 Å². The lowest BCUT2D eigenvalue weighted by Crippen LogP contribution is -2.30. The third kappa shape index (κ3) is 6.36. The lowest BCUT2D eigenvalue weighted by Gasteiger charge is -2.18. The van der Waals surface area contributed by atoms with Crippen LogP contribution in [0.2, 0.25) is 0 Å². The van der Waals surface area contributed by atoms with E-state index < -0.39 is 17.9 Å². The second kappa shape index (κ2) is 11.0. The monoisotopic (exact) mass is 475 g/mol. The number of rotatable bonds is 8. The van der Waals surface area contributed by atoms with Crippen LogP contribution < -0.4 is 25.4 Å². The van der Waals surface area contributed by atoms with Gasteiger partial charge < -0.3 is 30.5 Å². The maximum atomic E-state index is 12.4. The van der Waals surface area contributed by atoms with Gasteiger partial charge in [0.1, 0.15) is 0 Å². The zero-order chi connectivity index (χ0) is 22.5. The molecule has 1 atom stereocenters. The number of amides is 2. The van der Waals surface area contributed by atoms with E-state index in [9.17, 15) is 19.5 Å². The third-order valence-corrected chi connectivity index (χ3v) is 5.47. The molecule has 2 aliphatic heterocycles. The van der Waals surface area contributed by atoms with Crippen LogP contribution in [0.4, 0.5) is 5.69 Å². The van der Waals surface area contributed by atoms with E-state index in [1.807, 2.05) is 18.2 Å². The Kier molecular flexibility index (Phi) is 8.13. The summed E-state index contributed by atoms with van der Waals surface area (Å²) in [4.78, 5) is 36.1. The Labute approximate surface area is 197 Å². The number of anilines is 1. The number of carboxylic acids is 1. The van der Waals surface area contributed by atoms with Crippen molar-refractivity contribution < 1.29 is 29.0 Å². The van der Waals surface area contributed by atoms with Crippen molar-refractivity contribution in [3.63, 3.8) is 0 Å².